The van der Waals surface area contributed by atoms with Crippen LogP contribution in [0.25, 0.3) is 0 Å². The maximum absolute atomic E-state index is 12.5. The molecule has 1 amide bonds. The third-order valence-electron chi connectivity index (χ3n) is 2.99. The summed E-state index contributed by atoms with van der Waals surface area (Å²) in [5.41, 5.74) is 1.65. The SMILES string of the molecule is CSCC(C)N(C)C(=O)c1ccccc1NC(C)C. The van der Waals surface area contributed by atoms with E-state index in [9.17, 15) is 4.79 Å². The first-order chi connectivity index (χ1) is 8.97. The van der Waals surface area contributed by atoms with Gasteiger partial charge in [0, 0.05) is 30.6 Å². The van der Waals surface area contributed by atoms with Crippen LogP contribution in [0, 0.1) is 0 Å². The first kappa shape index (κ1) is 15.9. The summed E-state index contributed by atoms with van der Waals surface area (Å²) in [5.74, 6) is 1.02. The lowest BCUT2D eigenvalue weighted by Gasteiger charge is -2.26. The van der Waals surface area contributed by atoms with E-state index in [1.807, 2.05) is 36.2 Å². The lowest BCUT2D eigenvalue weighted by atomic mass is 10.1. The van der Waals surface area contributed by atoms with Crippen molar-refractivity contribution in [2.45, 2.75) is 32.9 Å². The number of amides is 1. The Bertz CT molecular complexity index is 420. The monoisotopic (exact) mass is 280 g/mol. The molecule has 106 valence electrons. The van der Waals surface area contributed by atoms with Gasteiger partial charge in [-0.05, 0) is 39.2 Å². The van der Waals surface area contributed by atoms with Crippen LogP contribution in [-0.4, -0.2) is 41.9 Å². The van der Waals surface area contributed by atoms with E-state index in [0.717, 1.165) is 17.0 Å². The van der Waals surface area contributed by atoms with Crippen molar-refractivity contribution >= 4 is 23.4 Å². The zero-order valence-electron chi connectivity index (χ0n) is 12.4. The second kappa shape index (κ2) is 7.43. The number of anilines is 1. The molecule has 1 atom stereocenters. The maximum Gasteiger partial charge on any atom is 0.255 e. The number of benzene rings is 1. The van der Waals surface area contributed by atoms with Crippen molar-refractivity contribution in [3.8, 4) is 0 Å². The number of rotatable bonds is 6. The largest absolute Gasteiger partial charge is 0.382 e. The maximum atomic E-state index is 12.5. The number of carbonyl (C=O) groups is 1. The molecular formula is C15H24N2OS. The number of thioether (sulfide) groups is 1. The van der Waals surface area contributed by atoms with E-state index in [1.54, 1.807) is 11.8 Å². The Morgan fingerprint density at radius 3 is 2.53 bits per heavy atom. The van der Waals surface area contributed by atoms with Gasteiger partial charge in [-0.2, -0.15) is 11.8 Å². The summed E-state index contributed by atoms with van der Waals surface area (Å²) in [6, 6.07) is 8.24. The minimum atomic E-state index is 0.0744. The van der Waals surface area contributed by atoms with E-state index in [4.69, 9.17) is 0 Å². The van der Waals surface area contributed by atoms with Gasteiger partial charge in [0.05, 0.1) is 5.56 Å². The second-order valence-corrected chi connectivity index (χ2v) is 5.98. The predicted octanol–water partition coefficient (Wildman–Crippen LogP) is 3.33. The van der Waals surface area contributed by atoms with E-state index in [1.165, 1.54) is 0 Å². The van der Waals surface area contributed by atoms with Crippen LogP contribution in [0.2, 0.25) is 0 Å². The molecule has 3 nitrogen and oxygen atoms in total. The van der Waals surface area contributed by atoms with Crippen molar-refractivity contribution in [1.29, 1.82) is 0 Å². The van der Waals surface area contributed by atoms with Crippen molar-refractivity contribution in [3.05, 3.63) is 29.8 Å². The minimum Gasteiger partial charge on any atom is -0.382 e. The summed E-state index contributed by atoms with van der Waals surface area (Å²) in [6.45, 7) is 6.22. The molecule has 0 aromatic heterocycles. The van der Waals surface area contributed by atoms with Crippen LogP contribution < -0.4 is 5.32 Å². The van der Waals surface area contributed by atoms with Crippen LogP contribution in [0.15, 0.2) is 24.3 Å². The van der Waals surface area contributed by atoms with Crippen LogP contribution in [0.5, 0.6) is 0 Å². The van der Waals surface area contributed by atoms with Gasteiger partial charge in [0.25, 0.3) is 5.91 Å². The third-order valence-corrected chi connectivity index (χ3v) is 3.81. The van der Waals surface area contributed by atoms with Gasteiger partial charge in [0.2, 0.25) is 0 Å². The van der Waals surface area contributed by atoms with Gasteiger partial charge in [0.1, 0.15) is 0 Å². The molecule has 0 aliphatic carbocycles. The molecule has 0 saturated carbocycles. The summed E-state index contributed by atoms with van der Waals surface area (Å²) >= 11 is 1.76. The van der Waals surface area contributed by atoms with Gasteiger partial charge in [-0.15, -0.1) is 0 Å². The summed E-state index contributed by atoms with van der Waals surface area (Å²) in [7, 11) is 1.87. The summed E-state index contributed by atoms with van der Waals surface area (Å²) in [4.78, 5) is 14.4. The quantitative estimate of drug-likeness (QED) is 0.867. The van der Waals surface area contributed by atoms with Crippen LogP contribution in [-0.2, 0) is 0 Å². The Balaban J connectivity index is 2.92. The molecule has 1 N–H and O–H groups in total. The zero-order chi connectivity index (χ0) is 14.4. The first-order valence-electron chi connectivity index (χ1n) is 6.59. The normalized spacial score (nSPS) is 12.3. The third kappa shape index (κ3) is 4.46. The molecule has 4 heteroatoms. The van der Waals surface area contributed by atoms with E-state index >= 15 is 0 Å². The summed E-state index contributed by atoms with van der Waals surface area (Å²) in [5, 5.41) is 3.33. The lowest BCUT2D eigenvalue weighted by molar-refractivity contribution is 0.0758. The smallest absolute Gasteiger partial charge is 0.255 e. The number of para-hydroxylation sites is 1. The van der Waals surface area contributed by atoms with Gasteiger partial charge < -0.3 is 10.2 Å². The average molecular weight is 280 g/mol. The molecular weight excluding hydrogens is 256 g/mol. The Morgan fingerprint density at radius 2 is 1.95 bits per heavy atom. The molecule has 19 heavy (non-hydrogen) atoms. The van der Waals surface area contributed by atoms with Crippen LogP contribution >= 0.6 is 11.8 Å². The first-order valence-corrected chi connectivity index (χ1v) is 7.98. The second-order valence-electron chi connectivity index (χ2n) is 5.07. The predicted molar refractivity (Wildman–Crippen MR) is 85.1 cm³/mol. The molecule has 0 fully saturated rings. The highest BCUT2D eigenvalue weighted by Crippen LogP contribution is 2.19. The van der Waals surface area contributed by atoms with Crippen LogP contribution in [0.3, 0.4) is 0 Å². The van der Waals surface area contributed by atoms with Crippen molar-refractivity contribution in [2.75, 3.05) is 24.4 Å². The van der Waals surface area contributed by atoms with Gasteiger partial charge >= 0.3 is 0 Å². The van der Waals surface area contributed by atoms with Gasteiger partial charge in [0.15, 0.2) is 0 Å². The molecule has 0 spiro atoms. The van der Waals surface area contributed by atoms with Gasteiger partial charge in [-0.25, -0.2) is 0 Å². The Kier molecular flexibility index (Phi) is 6.22. The average Bonchev–Trinajstić information content (AvgIpc) is 2.37. The molecule has 1 aromatic rings. The fourth-order valence-corrected chi connectivity index (χ4v) is 2.56. The fourth-order valence-electron chi connectivity index (χ4n) is 1.85. The van der Waals surface area contributed by atoms with Crippen molar-refractivity contribution in [2.24, 2.45) is 0 Å². The van der Waals surface area contributed by atoms with Crippen molar-refractivity contribution in [3.63, 3.8) is 0 Å². The Morgan fingerprint density at radius 1 is 1.32 bits per heavy atom. The molecule has 1 rings (SSSR count). The molecule has 0 heterocycles. The number of hydrogen-bond donors (Lipinski definition) is 1. The molecule has 1 aromatic carbocycles. The molecule has 0 aliphatic heterocycles. The molecule has 0 bridgehead atoms. The zero-order valence-corrected chi connectivity index (χ0v) is 13.3. The minimum absolute atomic E-state index is 0.0744. The highest BCUT2D eigenvalue weighted by atomic mass is 32.2. The lowest BCUT2D eigenvalue weighted by Crippen LogP contribution is -2.37. The standard InChI is InChI=1S/C15H24N2OS/c1-11(2)16-14-9-7-6-8-13(14)15(18)17(4)12(3)10-19-5/h6-9,11-12,16H,10H2,1-5H3. The van der Waals surface area contributed by atoms with Crippen LogP contribution in [0.4, 0.5) is 5.69 Å². The van der Waals surface area contributed by atoms with E-state index in [2.05, 4.69) is 32.3 Å². The summed E-state index contributed by atoms with van der Waals surface area (Å²) in [6.07, 6.45) is 2.06. The topological polar surface area (TPSA) is 32.3 Å². The summed E-state index contributed by atoms with van der Waals surface area (Å²) < 4.78 is 0. The molecule has 0 radical (unpaired) electrons. The fraction of sp³-hybridized carbons (Fsp3) is 0.533. The van der Waals surface area contributed by atoms with E-state index < -0.39 is 0 Å². The number of nitrogens with one attached hydrogen (secondary N) is 1. The number of carbonyl (C=O) groups excluding carboxylic acids is 1. The highest BCUT2D eigenvalue weighted by Gasteiger charge is 2.19. The van der Waals surface area contributed by atoms with Crippen molar-refractivity contribution in [1.82, 2.24) is 4.90 Å². The Labute approximate surface area is 120 Å². The number of hydrogen-bond acceptors (Lipinski definition) is 3. The van der Waals surface area contributed by atoms with Crippen LogP contribution in [0.1, 0.15) is 31.1 Å². The Hall–Kier alpha value is -1.16. The molecule has 0 aliphatic rings. The van der Waals surface area contributed by atoms with E-state index in [-0.39, 0.29) is 11.9 Å². The van der Waals surface area contributed by atoms with Gasteiger partial charge in [-0.1, -0.05) is 12.1 Å². The molecule has 1 unspecified atom stereocenters. The molecule has 0 saturated heterocycles. The highest BCUT2D eigenvalue weighted by molar-refractivity contribution is 7.98. The van der Waals surface area contributed by atoms with E-state index in [0.29, 0.717) is 6.04 Å². The van der Waals surface area contributed by atoms with Crippen molar-refractivity contribution < 1.29 is 4.79 Å². The van der Waals surface area contributed by atoms with Gasteiger partial charge in [-0.3, -0.25) is 4.79 Å². The number of nitrogens with zero attached hydrogens (tertiary/aromatic N) is 1.